The Labute approximate surface area is 437 Å². The Kier molecular flexibility index (Phi) is 14.2. The topological polar surface area (TPSA) is 53.1 Å². The van der Waals surface area contributed by atoms with Gasteiger partial charge < -0.3 is 18.9 Å². The van der Waals surface area contributed by atoms with Crippen LogP contribution in [0.5, 0.6) is 5.75 Å². The minimum absolute atomic E-state index is 0.0804. The number of rotatable bonds is 13. The predicted octanol–water partition coefficient (Wildman–Crippen LogP) is 18.9. The summed E-state index contributed by atoms with van der Waals surface area (Å²) in [7, 11) is -6.22. The Morgan fingerprint density at radius 2 is 0.770 bits per heavy atom. The highest BCUT2D eigenvalue weighted by Gasteiger charge is 2.49. The Morgan fingerprint density at radius 1 is 0.405 bits per heavy atom. The van der Waals surface area contributed by atoms with Gasteiger partial charge in [0.05, 0.1) is 22.1 Å². The van der Waals surface area contributed by atoms with Crippen LogP contribution in [0.25, 0.3) is 22.3 Å². The molecule has 6 nitrogen and oxygen atoms in total. The monoisotopic (exact) mass is 1030 g/mol. The van der Waals surface area contributed by atoms with Gasteiger partial charge in [0, 0.05) is 57.4 Å². The number of para-hydroxylation sites is 3. The lowest BCUT2D eigenvalue weighted by molar-refractivity contribution is -0.0500. The number of nitrogens with zero attached hydrogens (tertiary/aromatic N) is 3. The Hall–Kier alpha value is -7.79. The van der Waals surface area contributed by atoms with Crippen LogP contribution in [0.4, 0.5) is 64.4 Å². The maximum Gasteiger partial charge on any atom is 0.534 e. The third-order valence-electron chi connectivity index (χ3n) is 12.7. The highest BCUT2D eigenvalue weighted by atomic mass is 35.5. The maximum atomic E-state index is 14.6. The molecule has 0 saturated carbocycles. The number of alkyl halides is 3. The van der Waals surface area contributed by atoms with E-state index in [4.69, 9.17) is 15.8 Å². The van der Waals surface area contributed by atoms with Crippen LogP contribution in [0.2, 0.25) is 5.02 Å². The molecular formula is C63H55ClF3N3O3S. The molecule has 0 atom stereocenters. The quantitative estimate of drug-likeness (QED) is 0.0847. The smallest absolute Gasteiger partial charge is 0.376 e. The molecule has 0 aliphatic carbocycles. The Balaban J connectivity index is 1.40. The normalized spacial score (nSPS) is 12.0. The number of anilines is 9. The van der Waals surface area contributed by atoms with E-state index in [9.17, 15) is 21.6 Å². The van der Waals surface area contributed by atoms with E-state index in [1.807, 2.05) is 205 Å². The molecule has 0 unspecified atom stereocenters. The van der Waals surface area contributed by atoms with E-state index in [1.165, 1.54) is 12.1 Å². The van der Waals surface area contributed by atoms with Crippen molar-refractivity contribution in [2.75, 3.05) is 14.7 Å². The summed E-state index contributed by atoms with van der Waals surface area (Å²) in [6, 6.07) is 71.2. The molecule has 0 bridgehead atoms. The molecule has 0 heterocycles. The van der Waals surface area contributed by atoms with E-state index < -0.39 is 21.4 Å². The van der Waals surface area contributed by atoms with Gasteiger partial charge in [-0.2, -0.15) is 21.6 Å². The Bertz CT molecular complexity index is 3400. The molecule has 11 heteroatoms. The van der Waals surface area contributed by atoms with Crippen LogP contribution < -0.4 is 18.9 Å². The van der Waals surface area contributed by atoms with E-state index in [2.05, 4.69) is 58.6 Å². The molecule has 0 aliphatic heterocycles. The third kappa shape index (κ3) is 10.8. The molecule has 0 aliphatic rings. The first-order chi connectivity index (χ1) is 35.3. The zero-order valence-electron chi connectivity index (χ0n) is 41.8. The zero-order chi connectivity index (χ0) is 52.4. The number of hydrogen-bond acceptors (Lipinski definition) is 6. The summed E-state index contributed by atoms with van der Waals surface area (Å²) in [4.78, 5) is 5.81. The average molecular weight is 1030 g/mol. The number of halogens is 4. The van der Waals surface area contributed by atoms with Crippen LogP contribution in [-0.2, 0) is 20.9 Å². The third-order valence-corrected chi connectivity index (χ3v) is 14.1. The van der Waals surface area contributed by atoms with E-state index in [1.54, 1.807) is 4.90 Å². The summed E-state index contributed by atoms with van der Waals surface area (Å²) in [6.07, 6.45) is 0. The molecule has 0 spiro atoms. The number of hydrogen-bond donors (Lipinski definition) is 0. The summed E-state index contributed by atoms with van der Waals surface area (Å²) >= 11 is 8.01. The van der Waals surface area contributed by atoms with Gasteiger partial charge in [-0.15, -0.1) is 0 Å². The fourth-order valence-corrected chi connectivity index (χ4v) is 9.70. The van der Waals surface area contributed by atoms with Gasteiger partial charge in [-0.1, -0.05) is 187 Å². The van der Waals surface area contributed by atoms with E-state index in [0.717, 1.165) is 50.4 Å². The molecule has 374 valence electrons. The standard InChI is InChI=1S/C63H55ClF3N3O3S/c1-61(2,3)46-35-37-51(38-36-46)70(60-55(44-23-12-7-13-24-44)39-47(62(4,5)6)40-56(60)45-25-14-8-15-26-45)58-43-54(73-74(71,72)63(65,66)67)42-57(59(58)64)69(50-31-20-11-21-32-50)53-34-22-33-52(41-53)68(48-27-16-9-17-28-48)49-29-18-10-19-30-49/h7-43H,1-6H3. The SMILES string of the molecule is CC(C)(C)c1ccc(N(c2cc(OS(=O)(=O)C(F)(F)F)cc(N(c3ccccc3)c3cccc(N(c4ccccc4)c4ccccc4)c3)c2Cl)c2c(-c3ccccc3)cc(C(C)(C)C)cc2-c2ccccc2)cc1. The average Bonchev–Trinajstić information content (AvgIpc) is 3.39. The minimum Gasteiger partial charge on any atom is -0.376 e. The van der Waals surface area contributed by atoms with Crippen LogP contribution in [0.15, 0.2) is 224 Å². The maximum absolute atomic E-state index is 14.6. The van der Waals surface area contributed by atoms with Crippen molar-refractivity contribution in [1.29, 1.82) is 0 Å². The zero-order valence-corrected chi connectivity index (χ0v) is 43.4. The predicted molar refractivity (Wildman–Crippen MR) is 299 cm³/mol. The van der Waals surface area contributed by atoms with Crippen molar-refractivity contribution in [3.63, 3.8) is 0 Å². The number of benzene rings is 9. The molecule has 74 heavy (non-hydrogen) atoms. The van der Waals surface area contributed by atoms with Crippen molar-refractivity contribution in [3.8, 4) is 28.0 Å². The molecule has 0 fully saturated rings. The summed E-state index contributed by atoms with van der Waals surface area (Å²) in [5.74, 6) is -0.617. The van der Waals surface area contributed by atoms with Gasteiger partial charge in [0.15, 0.2) is 0 Å². The highest BCUT2D eigenvalue weighted by molar-refractivity contribution is 7.88. The summed E-state index contributed by atoms with van der Waals surface area (Å²) in [5, 5.41) is 0.0804. The molecule has 0 saturated heterocycles. The Morgan fingerprint density at radius 3 is 1.19 bits per heavy atom. The van der Waals surface area contributed by atoms with Gasteiger partial charge in [-0.25, -0.2) is 0 Å². The lowest BCUT2D eigenvalue weighted by Crippen LogP contribution is -2.28. The first-order valence-electron chi connectivity index (χ1n) is 24.2. The van der Waals surface area contributed by atoms with Crippen molar-refractivity contribution in [3.05, 3.63) is 241 Å². The second-order valence-electron chi connectivity index (χ2n) is 20.0. The van der Waals surface area contributed by atoms with Crippen molar-refractivity contribution in [2.45, 2.75) is 57.9 Å². The molecule has 9 rings (SSSR count). The second-order valence-corrected chi connectivity index (χ2v) is 21.9. The van der Waals surface area contributed by atoms with E-state index >= 15 is 0 Å². The lowest BCUT2D eigenvalue weighted by atomic mass is 9.82. The largest absolute Gasteiger partial charge is 0.534 e. The van der Waals surface area contributed by atoms with Crippen LogP contribution in [0.1, 0.15) is 52.7 Å². The van der Waals surface area contributed by atoms with Crippen molar-refractivity contribution >= 4 is 72.9 Å². The summed E-state index contributed by atoms with van der Waals surface area (Å²) in [5.41, 5.74) is 4.16. The van der Waals surface area contributed by atoms with Gasteiger partial charge in [-0.3, -0.25) is 0 Å². The summed E-state index contributed by atoms with van der Waals surface area (Å²) < 4.78 is 75.4. The molecule has 0 radical (unpaired) electrons. The first-order valence-corrected chi connectivity index (χ1v) is 26.0. The fraction of sp³-hybridized carbons (Fsp3) is 0.143. The second kappa shape index (κ2) is 20.6. The van der Waals surface area contributed by atoms with Crippen LogP contribution in [0.3, 0.4) is 0 Å². The van der Waals surface area contributed by atoms with Gasteiger partial charge in [0.2, 0.25) is 0 Å². The van der Waals surface area contributed by atoms with E-state index in [0.29, 0.717) is 22.7 Å². The lowest BCUT2D eigenvalue weighted by Gasteiger charge is -2.35. The van der Waals surface area contributed by atoms with Crippen molar-refractivity contribution in [2.24, 2.45) is 0 Å². The molecule has 0 amide bonds. The van der Waals surface area contributed by atoms with Gasteiger partial charge in [0.1, 0.15) is 5.75 Å². The van der Waals surface area contributed by atoms with E-state index in [-0.39, 0.29) is 27.2 Å². The van der Waals surface area contributed by atoms with Crippen molar-refractivity contribution in [1.82, 2.24) is 0 Å². The van der Waals surface area contributed by atoms with Gasteiger partial charge in [0.25, 0.3) is 0 Å². The first kappa shape index (κ1) is 51.1. The molecule has 0 aromatic heterocycles. The van der Waals surface area contributed by atoms with Gasteiger partial charge in [-0.05, 0) is 112 Å². The van der Waals surface area contributed by atoms with Gasteiger partial charge >= 0.3 is 15.6 Å². The molecule has 0 N–H and O–H groups in total. The fourth-order valence-electron chi connectivity index (χ4n) is 8.98. The minimum atomic E-state index is -6.22. The van der Waals surface area contributed by atoms with Crippen LogP contribution >= 0.6 is 11.6 Å². The van der Waals surface area contributed by atoms with Crippen LogP contribution in [-0.4, -0.2) is 13.9 Å². The molecule has 9 aromatic rings. The molecule has 9 aromatic carbocycles. The molecular weight excluding hydrogens is 971 g/mol. The van der Waals surface area contributed by atoms with Crippen molar-refractivity contribution < 1.29 is 25.8 Å². The van der Waals surface area contributed by atoms with Crippen LogP contribution in [0, 0.1) is 0 Å². The highest BCUT2D eigenvalue weighted by Crippen LogP contribution is 2.54. The summed E-state index contributed by atoms with van der Waals surface area (Å²) in [6.45, 7) is 12.8.